The molecule has 3 aromatic heterocycles. The van der Waals surface area contributed by atoms with Gasteiger partial charge >= 0.3 is 0 Å². The van der Waals surface area contributed by atoms with Gasteiger partial charge in [-0.15, -0.1) is 0 Å². The summed E-state index contributed by atoms with van der Waals surface area (Å²) in [6.45, 7) is 3.69. The summed E-state index contributed by atoms with van der Waals surface area (Å²) in [5, 5.41) is 9.58. The smallest absolute Gasteiger partial charge is 0.255 e. The number of nitrogens with zero attached hydrogens (tertiary/aromatic N) is 3. The predicted molar refractivity (Wildman–Crippen MR) is 130 cm³/mol. The lowest BCUT2D eigenvalue weighted by Crippen LogP contribution is -2.22. The zero-order valence-corrected chi connectivity index (χ0v) is 18.8. The summed E-state index contributed by atoms with van der Waals surface area (Å²) in [5.41, 5.74) is 2.43. The summed E-state index contributed by atoms with van der Waals surface area (Å²) in [5.74, 6) is 0.918. The van der Waals surface area contributed by atoms with Crippen molar-refractivity contribution in [1.29, 1.82) is 0 Å². The summed E-state index contributed by atoms with van der Waals surface area (Å²) in [6, 6.07) is 19.1. The number of rotatable bonds is 6. The summed E-state index contributed by atoms with van der Waals surface area (Å²) in [7, 11) is 0. The van der Waals surface area contributed by atoms with Gasteiger partial charge in [-0.1, -0.05) is 49.4 Å². The Balaban J connectivity index is 1.52. The van der Waals surface area contributed by atoms with Crippen molar-refractivity contribution >= 4 is 22.5 Å². The monoisotopic (exact) mass is 453 g/mol. The number of anilines is 1. The summed E-state index contributed by atoms with van der Waals surface area (Å²) in [4.78, 5) is 32.9. The summed E-state index contributed by atoms with van der Waals surface area (Å²) in [6.07, 6.45) is 2.30. The SMILES string of the molecule is CCc1c(C)nc(-n2nc(-c3ccco3)cc2NC(=O)Cc2cccc3ccccc23)[nH]c1=O. The Morgan fingerprint density at radius 2 is 1.94 bits per heavy atom. The maximum Gasteiger partial charge on any atom is 0.255 e. The van der Waals surface area contributed by atoms with Gasteiger partial charge in [0.15, 0.2) is 5.76 Å². The van der Waals surface area contributed by atoms with Crippen LogP contribution in [0.15, 0.2) is 76.1 Å². The van der Waals surface area contributed by atoms with Gasteiger partial charge in [0.25, 0.3) is 5.56 Å². The minimum Gasteiger partial charge on any atom is -0.463 e. The highest BCUT2D eigenvalue weighted by Gasteiger charge is 2.18. The van der Waals surface area contributed by atoms with Gasteiger partial charge < -0.3 is 9.73 Å². The number of aromatic nitrogens is 4. The first-order valence-electron chi connectivity index (χ1n) is 11.0. The fraction of sp³-hybridized carbons (Fsp3) is 0.154. The number of hydrogen-bond acceptors (Lipinski definition) is 5. The molecule has 0 aliphatic heterocycles. The molecule has 0 fully saturated rings. The topological polar surface area (TPSA) is 106 Å². The quantitative estimate of drug-likeness (QED) is 0.396. The van der Waals surface area contributed by atoms with Gasteiger partial charge in [-0.2, -0.15) is 9.78 Å². The van der Waals surface area contributed by atoms with E-state index in [4.69, 9.17) is 4.42 Å². The van der Waals surface area contributed by atoms with Gasteiger partial charge in [-0.05, 0) is 41.8 Å². The molecule has 170 valence electrons. The third kappa shape index (κ3) is 4.01. The molecule has 0 atom stereocenters. The van der Waals surface area contributed by atoms with E-state index in [2.05, 4.69) is 20.4 Å². The molecule has 0 radical (unpaired) electrons. The molecule has 34 heavy (non-hydrogen) atoms. The van der Waals surface area contributed by atoms with Crippen LogP contribution in [-0.2, 0) is 17.6 Å². The lowest BCUT2D eigenvalue weighted by molar-refractivity contribution is -0.115. The summed E-state index contributed by atoms with van der Waals surface area (Å²) >= 11 is 0. The van der Waals surface area contributed by atoms with Gasteiger partial charge in [-0.25, -0.2) is 4.98 Å². The van der Waals surface area contributed by atoms with Crippen LogP contribution in [0.4, 0.5) is 5.82 Å². The van der Waals surface area contributed by atoms with Crippen LogP contribution < -0.4 is 10.9 Å². The number of carbonyl (C=O) groups excluding carboxylic acids is 1. The molecule has 0 aliphatic carbocycles. The van der Waals surface area contributed by atoms with E-state index in [1.807, 2.05) is 49.4 Å². The minimum atomic E-state index is -0.229. The third-order valence-electron chi connectivity index (χ3n) is 5.75. The second-order valence-corrected chi connectivity index (χ2v) is 7.97. The van der Waals surface area contributed by atoms with Crippen LogP contribution in [0.2, 0.25) is 0 Å². The molecule has 0 spiro atoms. The predicted octanol–water partition coefficient (Wildman–Crippen LogP) is 4.42. The average molecular weight is 454 g/mol. The molecule has 0 unspecified atom stereocenters. The number of furan rings is 1. The first kappa shape index (κ1) is 21.4. The second kappa shape index (κ2) is 8.82. The van der Waals surface area contributed by atoms with E-state index in [1.54, 1.807) is 31.4 Å². The number of benzene rings is 2. The molecule has 0 saturated carbocycles. The third-order valence-corrected chi connectivity index (χ3v) is 5.75. The molecule has 2 aromatic carbocycles. The highest BCUT2D eigenvalue weighted by Crippen LogP contribution is 2.25. The molecule has 0 bridgehead atoms. The van der Waals surface area contributed by atoms with E-state index in [0.29, 0.717) is 35.0 Å². The van der Waals surface area contributed by atoms with Crippen molar-refractivity contribution in [1.82, 2.24) is 19.7 Å². The molecule has 8 heteroatoms. The van der Waals surface area contributed by atoms with Gasteiger partial charge in [0.05, 0.1) is 12.7 Å². The molecular weight excluding hydrogens is 430 g/mol. The summed E-state index contributed by atoms with van der Waals surface area (Å²) < 4.78 is 6.90. The maximum absolute atomic E-state index is 13.1. The van der Waals surface area contributed by atoms with Crippen LogP contribution >= 0.6 is 0 Å². The lowest BCUT2D eigenvalue weighted by Gasteiger charge is -2.11. The first-order chi connectivity index (χ1) is 16.5. The van der Waals surface area contributed by atoms with Gasteiger partial charge in [-0.3, -0.25) is 14.6 Å². The Labute approximate surface area is 195 Å². The van der Waals surface area contributed by atoms with E-state index in [0.717, 1.165) is 16.3 Å². The Kier molecular flexibility index (Phi) is 5.55. The van der Waals surface area contributed by atoms with Gasteiger partial charge in [0.2, 0.25) is 11.9 Å². The Morgan fingerprint density at radius 3 is 2.71 bits per heavy atom. The molecular formula is C26H23N5O3. The van der Waals surface area contributed by atoms with Crippen molar-refractivity contribution in [3.05, 3.63) is 94.1 Å². The van der Waals surface area contributed by atoms with Crippen molar-refractivity contribution in [2.24, 2.45) is 0 Å². The number of nitrogens with one attached hydrogen (secondary N) is 2. The van der Waals surface area contributed by atoms with Gasteiger partial charge in [0, 0.05) is 17.3 Å². The molecule has 5 rings (SSSR count). The van der Waals surface area contributed by atoms with E-state index in [1.165, 1.54) is 4.68 Å². The highest BCUT2D eigenvalue weighted by molar-refractivity contribution is 5.96. The number of carbonyl (C=O) groups is 1. The fourth-order valence-corrected chi connectivity index (χ4v) is 4.10. The van der Waals surface area contributed by atoms with Crippen molar-refractivity contribution < 1.29 is 9.21 Å². The molecule has 3 heterocycles. The number of amides is 1. The number of aryl methyl sites for hydroxylation is 1. The van der Waals surface area contributed by atoms with Crippen molar-refractivity contribution in [3.63, 3.8) is 0 Å². The van der Waals surface area contributed by atoms with E-state index in [-0.39, 0.29) is 23.8 Å². The van der Waals surface area contributed by atoms with Crippen LogP contribution in [0.1, 0.15) is 23.7 Å². The van der Waals surface area contributed by atoms with Crippen LogP contribution in [0.5, 0.6) is 0 Å². The van der Waals surface area contributed by atoms with Crippen molar-refractivity contribution in [3.8, 4) is 17.4 Å². The number of hydrogen-bond donors (Lipinski definition) is 2. The average Bonchev–Trinajstić information content (AvgIpc) is 3.49. The van der Waals surface area contributed by atoms with E-state index in [9.17, 15) is 9.59 Å². The fourth-order valence-electron chi connectivity index (χ4n) is 4.10. The molecule has 1 amide bonds. The Morgan fingerprint density at radius 1 is 1.12 bits per heavy atom. The van der Waals surface area contributed by atoms with Crippen LogP contribution in [0, 0.1) is 6.92 Å². The molecule has 5 aromatic rings. The number of H-pyrrole nitrogens is 1. The zero-order valence-electron chi connectivity index (χ0n) is 18.8. The van der Waals surface area contributed by atoms with Crippen LogP contribution in [0.25, 0.3) is 28.2 Å². The van der Waals surface area contributed by atoms with Gasteiger partial charge in [0.1, 0.15) is 11.5 Å². The maximum atomic E-state index is 13.1. The molecule has 8 nitrogen and oxygen atoms in total. The number of fused-ring (bicyclic) bond motifs is 1. The van der Waals surface area contributed by atoms with E-state index >= 15 is 0 Å². The highest BCUT2D eigenvalue weighted by atomic mass is 16.3. The first-order valence-corrected chi connectivity index (χ1v) is 11.0. The zero-order chi connectivity index (χ0) is 23.7. The lowest BCUT2D eigenvalue weighted by atomic mass is 10.0. The Bertz CT molecular complexity index is 1540. The largest absolute Gasteiger partial charge is 0.463 e. The van der Waals surface area contributed by atoms with E-state index < -0.39 is 0 Å². The standard InChI is InChI=1S/C26H23N5O3/c1-3-19-16(2)27-26(29-25(19)33)31-23(15-21(30-31)22-12-7-13-34-22)28-24(32)14-18-10-6-9-17-8-4-5-11-20(17)18/h4-13,15H,3,14H2,1-2H3,(H,28,32)(H,27,29,33). The Hall–Kier alpha value is -4.46. The van der Waals surface area contributed by atoms with Crippen molar-refractivity contribution in [2.45, 2.75) is 26.7 Å². The normalized spacial score (nSPS) is 11.1. The molecule has 2 N–H and O–H groups in total. The van der Waals surface area contributed by atoms with Crippen LogP contribution in [0.3, 0.4) is 0 Å². The minimum absolute atomic E-state index is 0.181. The number of aromatic amines is 1. The molecule has 0 saturated heterocycles. The molecule has 0 aliphatic rings. The van der Waals surface area contributed by atoms with Crippen molar-refractivity contribution in [2.75, 3.05) is 5.32 Å². The second-order valence-electron chi connectivity index (χ2n) is 7.97. The van der Waals surface area contributed by atoms with Crippen LogP contribution in [-0.4, -0.2) is 25.7 Å².